The minimum absolute atomic E-state index is 0.153. The zero-order chi connectivity index (χ0) is 17.1. The molecular formula is C18H17ClN2O3. The molecule has 124 valence electrons. The maximum absolute atomic E-state index is 12.4. The Kier molecular flexibility index (Phi) is 4.71. The van der Waals surface area contributed by atoms with Crippen LogP contribution in [0, 0.1) is 0 Å². The second-order valence-corrected chi connectivity index (χ2v) is 5.90. The van der Waals surface area contributed by atoms with E-state index in [1.807, 2.05) is 24.3 Å². The van der Waals surface area contributed by atoms with Gasteiger partial charge in [0.25, 0.3) is 5.91 Å². The van der Waals surface area contributed by atoms with E-state index in [9.17, 15) is 9.59 Å². The third-order valence-corrected chi connectivity index (χ3v) is 4.11. The van der Waals surface area contributed by atoms with E-state index in [0.717, 1.165) is 0 Å². The molecule has 1 N–H and O–H groups in total. The van der Waals surface area contributed by atoms with Crippen molar-refractivity contribution in [1.29, 1.82) is 0 Å². The number of carbonyl (C=O) groups excluding carboxylic acids is 2. The number of halogens is 1. The minimum atomic E-state index is -0.563. The number of hydrogen-bond donors (Lipinski definition) is 1. The fourth-order valence-corrected chi connectivity index (χ4v) is 2.76. The lowest BCUT2D eigenvalue weighted by Crippen LogP contribution is -2.45. The molecule has 1 aliphatic rings. The largest absolute Gasteiger partial charge is 0.479 e. The average Bonchev–Trinajstić information content (AvgIpc) is 2.57. The highest BCUT2D eigenvalue weighted by Gasteiger charge is 2.31. The number of nitrogens with one attached hydrogen (secondary N) is 1. The van der Waals surface area contributed by atoms with E-state index in [1.165, 1.54) is 0 Å². The number of hydrogen-bond acceptors (Lipinski definition) is 3. The number of nitrogens with zero attached hydrogens (tertiary/aromatic N) is 1. The smallest absolute Gasteiger partial charge is 0.267 e. The van der Waals surface area contributed by atoms with Crippen molar-refractivity contribution in [2.24, 2.45) is 0 Å². The van der Waals surface area contributed by atoms with Crippen LogP contribution in [0.2, 0.25) is 5.02 Å². The Balaban J connectivity index is 1.68. The number of carbonyl (C=O) groups is 2. The summed E-state index contributed by atoms with van der Waals surface area (Å²) in [6.45, 7) is 1.98. The van der Waals surface area contributed by atoms with Crippen molar-refractivity contribution in [3.8, 4) is 5.75 Å². The fourth-order valence-electron chi connectivity index (χ4n) is 2.58. The lowest BCUT2D eigenvalue weighted by molar-refractivity contribution is -0.125. The highest BCUT2D eigenvalue weighted by molar-refractivity contribution is 6.33. The van der Waals surface area contributed by atoms with Crippen LogP contribution in [0.1, 0.15) is 13.3 Å². The number of amides is 2. The predicted molar refractivity (Wildman–Crippen MR) is 93.6 cm³/mol. The van der Waals surface area contributed by atoms with Crippen LogP contribution in [0.3, 0.4) is 0 Å². The summed E-state index contributed by atoms with van der Waals surface area (Å²) in [4.78, 5) is 26.1. The molecule has 1 unspecified atom stereocenters. The van der Waals surface area contributed by atoms with Crippen LogP contribution in [-0.4, -0.2) is 24.5 Å². The normalized spacial score (nSPS) is 16.3. The Hall–Kier alpha value is -2.53. The van der Waals surface area contributed by atoms with E-state index >= 15 is 0 Å². The summed E-state index contributed by atoms with van der Waals surface area (Å²) in [6, 6.07) is 14.3. The monoisotopic (exact) mass is 344 g/mol. The maximum Gasteiger partial charge on any atom is 0.267 e. The molecular weight excluding hydrogens is 328 g/mol. The van der Waals surface area contributed by atoms with Crippen molar-refractivity contribution in [2.45, 2.75) is 19.4 Å². The summed E-state index contributed by atoms with van der Waals surface area (Å²) in [5.41, 5.74) is 1.25. The lowest BCUT2D eigenvalue weighted by Gasteiger charge is -2.32. The van der Waals surface area contributed by atoms with Gasteiger partial charge in [-0.1, -0.05) is 35.9 Å². The molecule has 1 heterocycles. The maximum atomic E-state index is 12.4. The molecule has 0 aromatic heterocycles. The Labute approximate surface area is 145 Å². The molecule has 1 atom stereocenters. The van der Waals surface area contributed by atoms with Crippen LogP contribution in [0.15, 0.2) is 48.5 Å². The highest BCUT2D eigenvalue weighted by atomic mass is 35.5. The van der Waals surface area contributed by atoms with Crippen LogP contribution < -0.4 is 15.0 Å². The second kappa shape index (κ2) is 6.93. The zero-order valence-corrected chi connectivity index (χ0v) is 13.9. The van der Waals surface area contributed by atoms with E-state index in [4.69, 9.17) is 16.3 Å². The molecule has 1 aliphatic heterocycles. The minimum Gasteiger partial charge on any atom is -0.479 e. The SMILES string of the molecule is CC1Oc2ccccc2N(CCC(=O)Nc2ccccc2Cl)C1=O. The Morgan fingerprint density at radius 2 is 1.92 bits per heavy atom. The Morgan fingerprint density at radius 3 is 2.71 bits per heavy atom. The van der Waals surface area contributed by atoms with E-state index in [0.29, 0.717) is 22.1 Å². The summed E-state index contributed by atoms with van der Waals surface area (Å²) >= 11 is 6.03. The molecule has 0 aliphatic carbocycles. The standard InChI is InChI=1S/C18H17ClN2O3/c1-12-18(23)21(15-8-4-5-9-16(15)24-12)11-10-17(22)20-14-7-3-2-6-13(14)19/h2-9,12H,10-11H2,1H3,(H,20,22). The first kappa shape index (κ1) is 16.3. The molecule has 2 aromatic carbocycles. The molecule has 0 radical (unpaired) electrons. The molecule has 3 rings (SSSR count). The first-order valence-electron chi connectivity index (χ1n) is 7.67. The predicted octanol–water partition coefficient (Wildman–Crippen LogP) is 3.48. The second-order valence-electron chi connectivity index (χ2n) is 5.50. The first-order valence-corrected chi connectivity index (χ1v) is 8.05. The summed E-state index contributed by atoms with van der Waals surface area (Å²) in [5.74, 6) is 0.294. The number of benzene rings is 2. The molecule has 2 amide bonds. The third kappa shape index (κ3) is 3.36. The molecule has 6 heteroatoms. The van der Waals surface area contributed by atoms with Gasteiger partial charge in [0, 0.05) is 13.0 Å². The molecule has 0 fully saturated rings. The number of anilines is 2. The molecule has 24 heavy (non-hydrogen) atoms. The van der Waals surface area contributed by atoms with Crippen molar-refractivity contribution in [3.05, 3.63) is 53.6 Å². The van der Waals surface area contributed by atoms with Gasteiger partial charge in [-0.05, 0) is 31.2 Å². The van der Waals surface area contributed by atoms with Crippen molar-refractivity contribution in [2.75, 3.05) is 16.8 Å². The van der Waals surface area contributed by atoms with Crippen molar-refractivity contribution < 1.29 is 14.3 Å². The summed E-state index contributed by atoms with van der Waals surface area (Å²) in [5, 5.41) is 3.24. The van der Waals surface area contributed by atoms with Gasteiger partial charge in [-0.15, -0.1) is 0 Å². The van der Waals surface area contributed by atoms with Crippen molar-refractivity contribution in [1.82, 2.24) is 0 Å². The lowest BCUT2D eigenvalue weighted by atomic mass is 10.1. The molecule has 0 spiro atoms. The third-order valence-electron chi connectivity index (χ3n) is 3.78. The summed E-state index contributed by atoms with van der Waals surface area (Å²) < 4.78 is 5.58. The Morgan fingerprint density at radius 1 is 1.21 bits per heavy atom. The van der Waals surface area contributed by atoms with E-state index < -0.39 is 6.10 Å². The van der Waals surface area contributed by atoms with E-state index in [-0.39, 0.29) is 24.8 Å². The first-order chi connectivity index (χ1) is 11.6. The number of fused-ring (bicyclic) bond motifs is 1. The average molecular weight is 345 g/mol. The fraction of sp³-hybridized carbons (Fsp3) is 0.222. The molecule has 0 saturated heterocycles. The van der Waals surface area contributed by atoms with E-state index in [1.54, 1.807) is 36.1 Å². The van der Waals surface area contributed by atoms with Crippen LogP contribution in [0.4, 0.5) is 11.4 Å². The van der Waals surface area contributed by atoms with Crippen LogP contribution in [0.25, 0.3) is 0 Å². The molecule has 2 aromatic rings. The van der Waals surface area contributed by atoms with Gasteiger partial charge in [0.15, 0.2) is 6.10 Å². The summed E-state index contributed by atoms with van der Waals surface area (Å²) in [7, 11) is 0. The van der Waals surface area contributed by atoms with Gasteiger partial charge in [-0.2, -0.15) is 0 Å². The number of para-hydroxylation sites is 3. The van der Waals surface area contributed by atoms with Gasteiger partial charge < -0.3 is 15.0 Å². The van der Waals surface area contributed by atoms with Gasteiger partial charge in [0.05, 0.1) is 16.4 Å². The van der Waals surface area contributed by atoms with Gasteiger partial charge in [-0.3, -0.25) is 9.59 Å². The van der Waals surface area contributed by atoms with Gasteiger partial charge in [-0.25, -0.2) is 0 Å². The zero-order valence-electron chi connectivity index (χ0n) is 13.2. The van der Waals surface area contributed by atoms with Crippen molar-refractivity contribution >= 4 is 34.8 Å². The van der Waals surface area contributed by atoms with Crippen molar-refractivity contribution in [3.63, 3.8) is 0 Å². The van der Waals surface area contributed by atoms with Crippen LogP contribution in [-0.2, 0) is 9.59 Å². The molecule has 0 saturated carbocycles. The molecule has 0 bridgehead atoms. The molecule has 5 nitrogen and oxygen atoms in total. The topological polar surface area (TPSA) is 58.6 Å². The quantitative estimate of drug-likeness (QED) is 0.923. The van der Waals surface area contributed by atoms with E-state index in [2.05, 4.69) is 5.32 Å². The number of rotatable bonds is 4. The van der Waals surface area contributed by atoms with Gasteiger partial charge in [0.2, 0.25) is 5.91 Å². The van der Waals surface area contributed by atoms with Crippen LogP contribution >= 0.6 is 11.6 Å². The number of ether oxygens (including phenoxy) is 1. The highest BCUT2D eigenvalue weighted by Crippen LogP contribution is 2.33. The van der Waals surface area contributed by atoms with Crippen LogP contribution in [0.5, 0.6) is 5.75 Å². The summed E-state index contributed by atoms with van der Waals surface area (Å²) in [6.07, 6.45) is -0.399. The van der Waals surface area contributed by atoms with Gasteiger partial charge >= 0.3 is 0 Å². The Bertz CT molecular complexity index is 778. The van der Waals surface area contributed by atoms with Gasteiger partial charge in [0.1, 0.15) is 5.75 Å².